The minimum atomic E-state index is -0.135. The zero-order valence-corrected chi connectivity index (χ0v) is 14.3. The van der Waals surface area contributed by atoms with Gasteiger partial charge in [-0.2, -0.15) is 0 Å². The van der Waals surface area contributed by atoms with E-state index in [2.05, 4.69) is 27.8 Å². The molecular weight excluding hydrogens is 324 g/mol. The van der Waals surface area contributed by atoms with Crippen molar-refractivity contribution < 1.29 is 4.79 Å². The number of amides is 1. The number of carbonyl (C=O) groups is 1. The zero-order valence-electron chi connectivity index (χ0n) is 14.3. The topological polar surface area (TPSA) is 77.0 Å². The standard InChI is InChI=1S/C21H20N4O/c22-13-20-16-10-9-15(12-19(16)25-20)24-18-6-2-1-5-17(18)21(26)23-11-3-4-14-7-8-14/h1-2,5-6,9-10,12-14,20,22,24-25H,7-8,11H2,(H,23,26). The predicted octanol–water partition coefficient (Wildman–Crippen LogP) is 3.69. The monoisotopic (exact) mass is 344 g/mol. The third-order valence-corrected chi connectivity index (χ3v) is 4.54. The van der Waals surface area contributed by atoms with Crippen LogP contribution in [-0.4, -0.2) is 18.7 Å². The first kappa shape index (κ1) is 16.2. The quantitative estimate of drug-likeness (QED) is 0.493. The number of anilines is 3. The van der Waals surface area contributed by atoms with Crippen molar-refractivity contribution >= 4 is 29.2 Å². The number of benzene rings is 2. The normalized spacial score (nSPS) is 16.8. The van der Waals surface area contributed by atoms with Crippen molar-refractivity contribution in [2.24, 2.45) is 5.92 Å². The molecule has 4 N–H and O–H groups in total. The van der Waals surface area contributed by atoms with Crippen molar-refractivity contribution in [1.29, 1.82) is 5.41 Å². The Morgan fingerprint density at radius 1 is 1.27 bits per heavy atom. The van der Waals surface area contributed by atoms with Gasteiger partial charge in [0.25, 0.3) is 5.91 Å². The van der Waals surface area contributed by atoms with Gasteiger partial charge in [-0.3, -0.25) is 4.79 Å². The Morgan fingerprint density at radius 3 is 2.88 bits per heavy atom. The Labute approximate surface area is 152 Å². The number of rotatable bonds is 5. The second-order valence-corrected chi connectivity index (χ2v) is 6.54. The van der Waals surface area contributed by atoms with E-state index in [1.165, 1.54) is 19.1 Å². The summed E-state index contributed by atoms with van der Waals surface area (Å²) >= 11 is 0. The van der Waals surface area contributed by atoms with Gasteiger partial charge in [0.2, 0.25) is 0 Å². The predicted molar refractivity (Wildman–Crippen MR) is 104 cm³/mol. The van der Waals surface area contributed by atoms with E-state index in [4.69, 9.17) is 5.41 Å². The van der Waals surface area contributed by atoms with Gasteiger partial charge in [0, 0.05) is 29.1 Å². The molecule has 0 aromatic heterocycles. The Bertz CT molecular complexity index is 921. The van der Waals surface area contributed by atoms with Crippen LogP contribution in [0.25, 0.3) is 0 Å². The highest BCUT2D eigenvalue weighted by molar-refractivity contribution is 6.00. The number of carbonyl (C=O) groups excluding carboxylic acids is 1. The minimum Gasteiger partial charge on any atom is -0.373 e. The fraction of sp³-hybridized carbons (Fsp3) is 0.238. The van der Waals surface area contributed by atoms with Crippen molar-refractivity contribution in [3.05, 3.63) is 53.6 Å². The molecule has 2 aromatic rings. The Hall–Kier alpha value is -3.26. The summed E-state index contributed by atoms with van der Waals surface area (Å²) in [6, 6.07) is 13.4. The van der Waals surface area contributed by atoms with Crippen LogP contribution in [0.4, 0.5) is 17.1 Å². The summed E-state index contributed by atoms with van der Waals surface area (Å²) < 4.78 is 0. The Kier molecular flexibility index (Phi) is 4.32. The van der Waals surface area contributed by atoms with Crippen LogP contribution < -0.4 is 16.0 Å². The molecule has 130 valence electrons. The summed E-state index contributed by atoms with van der Waals surface area (Å²) in [5.41, 5.74) is 4.37. The number of para-hydroxylation sites is 1. The molecule has 2 aromatic carbocycles. The van der Waals surface area contributed by atoms with Crippen LogP contribution in [0.2, 0.25) is 0 Å². The number of fused-ring (bicyclic) bond motifs is 1. The highest BCUT2D eigenvalue weighted by atomic mass is 16.1. The average molecular weight is 344 g/mol. The summed E-state index contributed by atoms with van der Waals surface area (Å²) in [6.07, 6.45) is 3.76. The van der Waals surface area contributed by atoms with Gasteiger partial charge in [-0.15, -0.1) is 0 Å². The third-order valence-electron chi connectivity index (χ3n) is 4.54. The smallest absolute Gasteiger partial charge is 0.254 e. The van der Waals surface area contributed by atoms with Gasteiger partial charge in [0.15, 0.2) is 0 Å². The molecule has 1 heterocycles. The lowest BCUT2D eigenvalue weighted by atomic mass is 9.97. The first-order valence-corrected chi connectivity index (χ1v) is 8.78. The van der Waals surface area contributed by atoms with E-state index in [1.54, 1.807) is 6.07 Å². The lowest BCUT2D eigenvalue weighted by Crippen LogP contribution is -2.24. The first-order chi connectivity index (χ1) is 12.7. The zero-order chi connectivity index (χ0) is 17.9. The van der Waals surface area contributed by atoms with Crippen molar-refractivity contribution in [1.82, 2.24) is 5.32 Å². The molecule has 5 heteroatoms. The maximum atomic E-state index is 12.5. The van der Waals surface area contributed by atoms with E-state index in [0.29, 0.717) is 18.0 Å². The van der Waals surface area contributed by atoms with Crippen LogP contribution >= 0.6 is 0 Å². The van der Waals surface area contributed by atoms with Crippen LogP contribution in [0.1, 0.15) is 34.8 Å². The maximum absolute atomic E-state index is 12.5. The lowest BCUT2D eigenvalue weighted by Gasteiger charge is -2.30. The summed E-state index contributed by atoms with van der Waals surface area (Å²) in [7, 11) is 0. The van der Waals surface area contributed by atoms with Crippen LogP contribution in [-0.2, 0) is 0 Å². The van der Waals surface area contributed by atoms with Gasteiger partial charge in [-0.05, 0) is 37.1 Å². The summed E-state index contributed by atoms with van der Waals surface area (Å²) in [5, 5.41) is 16.7. The lowest BCUT2D eigenvalue weighted by molar-refractivity contribution is 0.0959. The van der Waals surface area contributed by atoms with E-state index in [-0.39, 0.29) is 11.9 Å². The van der Waals surface area contributed by atoms with Crippen LogP contribution in [0.15, 0.2) is 42.5 Å². The second-order valence-electron chi connectivity index (χ2n) is 6.54. The molecule has 1 amide bonds. The number of hydrogen-bond donors (Lipinski definition) is 4. The fourth-order valence-corrected chi connectivity index (χ4v) is 2.92. The molecule has 2 aliphatic rings. The van der Waals surface area contributed by atoms with Gasteiger partial charge < -0.3 is 21.4 Å². The van der Waals surface area contributed by atoms with Gasteiger partial charge in [0.05, 0.1) is 23.8 Å². The Balaban J connectivity index is 1.45. The van der Waals surface area contributed by atoms with Crippen LogP contribution in [0.5, 0.6) is 0 Å². The van der Waals surface area contributed by atoms with Gasteiger partial charge in [-0.25, -0.2) is 0 Å². The number of nitrogens with one attached hydrogen (secondary N) is 4. The van der Waals surface area contributed by atoms with Gasteiger partial charge in [-0.1, -0.05) is 30.0 Å². The summed E-state index contributed by atoms with van der Waals surface area (Å²) in [5.74, 6) is 6.56. The molecule has 1 aliphatic heterocycles. The van der Waals surface area contributed by atoms with E-state index in [9.17, 15) is 4.79 Å². The molecule has 1 atom stereocenters. The number of hydrogen-bond acceptors (Lipinski definition) is 4. The molecule has 1 fully saturated rings. The molecule has 4 rings (SSSR count). The van der Waals surface area contributed by atoms with E-state index < -0.39 is 0 Å². The second kappa shape index (κ2) is 6.93. The molecule has 0 bridgehead atoms. The molecular formula is C21H20N4O. The van der Waals surface area contributed by atoms with E-state index in [1.807, 2.05) is 36.4 Å². The van der Waals surface area contributed by atoms with Crippen molar-refractivity contribution in [2.75, 3.05) is 17.2 Å². The fourth-order valence-electron chi connectivity index (χ4n) is 2.92. The van der Waals surface area contributed by atoms with Crippen molar-refractivity contribution in [3.8, 4) is 11.8 Å². The molecule has 5 nitrogen and oxygen atoms in total. The highest BCUT2D eigenvalue weighted by Gasteiger charge is 2.23. The maximum Gasteiger partial charge on any atom is 0.254 e. The molecule has 0 saturated heterocycles. The van der Waals surface area contributed by atoms with Crippen molar-refractivity contribution in [3.63, 3.8) is 0 Å². The molecule has 1 saturated carbocycles. The summed E-state index contributed by atoms with van der Waals surface area (Å²) in [4.78, 5) is 12.5. The van der Waals surface area contributed by atoms with Crippen LogP contribution in [0, 0.1) is 23.2 Å². The van der Waals surface area contributed by atoms with Gasteiger partial charge in [0.1, 0.15) is 0 Å². The van der Waals surface area contributed by atoms with Crippen LogP contribution in [0.3, 0.4) is 0 Å². The Morgan fingerprint density at radius 2 is 2.12 bits per heavy atom. The molecule has 0 spiro atoms. The highest BCUT2D eigenvalue weighted by Crippen LogP contribution is 2.37. The first-order valence-electron chi connectivity index (χ1n) is 8.78. The van der Waals surface area contributed by atoms with E-state index in [0.717, 1.165) is 22.6 Å². The average Bonchev–Trinajstić information content (AvgIpc) is 3.45. The molecule has 1 aliphatic carbocycles. The molecule has 0 radical (unpaired) electrons. The van der Waals surface area contributed by atoms with E-state index >= 15 is 0 Å². The SMILES string of the molecule is N=CC1Nc2cc(Nc3ccccc3C(=O)NCC#CC3CC3)ccc21. The largest absolute Gasteiger partial charge is 0.373 e. The van der Waals surface area contributed by atoms with Crippen molar-refractivity contribution in [2.45, 2.75) is 18.9 Å². The summed E-state index contributed by atoms with van der Waals surface area (Å²) in [6.45, 7) is 0.372. The minimum absolute atomic E-state index is 0.00821. The molecule has 26 heavy (non-hydrogen) atoms. The molecule has 1 unspecified atom stereocenters. The third kappa shape index (κ3) is 3.40. The van der Waals surface area contributed by atoms with Gasteiger partial charge >= 0.3 is 0 Å².